The van der Waals surface area contributed by atoms with Gasteiger partial charge in [0.2, 0.25) is 23.6 Å². The highest BCUT2D eigenvalue weighted by molar-refractivity contribution is 5.94. The van der Waals surface area contributed by atoms with Crippen molar-refractivity contribution < 1.29 is 29.1 Å². The van der Waals surface area contributed by atoms with Crippen molar-refractivity contribution in [2.45, 2.75) is 62.7 Å². The van der Waals surface area contributed by atoms with E-state index in [9.17, 15) is 29.1 Å². The van der Waals surface area contributed by atoms with Crippen LogP contribution in [-0.4, -0.2) is 65.4 Å². The molecule has 4 atom stereocenters. The summed E-state index contributed by atoms with van der Waals surface area (Å²) in [4.78, 5) is 62.7. The summed E-state index contributed by atoms with van der Waals surface area (Å²) < 4.78 is 0. The van der Waals surface area contributed by atoms with Crippen molar-refractivity contribution >= 4 is 29.6 Å². The third-order valence-corrected chi connectivity index (χ3v) is 6.50. The highest BCUT2D eigenvalue weighted by Crippen LogP contribution is 2.10. The van der Waals surface area contributed by atoms with E-state index in [1.165, 1.54) is 0 Å². The van der Waals surface area contributed by atoms with Crippen molar-refractivity contribution in [2.75, 3.05) is 6.54 Å². The Morgan fingerprint density at radius 1 is 0.821 bits per heavy atom. The number of nitrogens with one attached hydrogen (secondary N) is 4. The first-order valence-electron chi connectivity index (χ1n) is 13.0. The Labute approximate surface area is 226 Å². The number of primary amides is 1. The fourth-order valence-electron chi connectivity index (χ4n) is 4.39. The molecule has 4 unspecified atom stereocenters. The highest BCUT2D eigenvalue weighted by Gasteiger charge is 2.32. The van der Waals surface area contributed by atoms with Crippen molar-refractivity contribution in [1.29, 1.82) is 0 Å². The average Bonchev–Trinajstić information content (AvgIpc) is 3.46. The zero-order chi connectivity index (χ0) is 28.2. The third kappa shape index (κ3) is 9.53. The number of hydrogen-bond acceptors (Lipinski definition) is 6. The number of benzene rings is 2. The zero-order valence-corrected chi connectivity index (χ0v) is 21.6. The first-order chi connectivity index (χ1) is 18.7. The van der Waals surface area contributed by atoms with Gasteiger partial charge in [0.05, 0.1) is 6.04 Å². The fraction of sp³-hybridized carbons (Fsp3) is 0.393. The lowest BCUT2D eigenvalue weighted by atomic mass is 10.0. The van der Waals surface area contributed by atoms with E-state index in [0.29, 0.717) is 18.5 Å². The van der Waals surface area contributed by atoms with Gasteiger partial charge >= 0.3 is 5.97 Å². The largest absolute Gasteiger partial charge is 0.480 e. The average molecular weight is 538 g/mol. The molecule has 0 spiro atoms. The molecule has 0 aliphatic carbocycles. The summed E-state index contributed by atoms with van der Waals surface area (Å²) in [6.45, 7) is 0.705. The molecule has 3 rings (SSSR count). The topological polar surface area (TPSA) is 180 Å². The van der Waals surface area contributed by atoms with E-state index in [0.717, 1.165) is 12.0 Å². The van der Waals surface area contributed by atoms with Gasteiger partial charge < -0.3 is 32.1 Å². The van der Waals surface area contributed by atoms with Gasteiger partial charge in [0, 0.05) is 19.3 Å². The molecule has 208 valence electrons. The molecule has 11 heteroatoms. The molecule has 0 saturated carbocycles. The molecule has 7 N–H and O–H groups in total. The normalized spacial score (nSPS) is 16.9. The van der Waals surface area contributed by atoms with E-state index < -0.39 is 47.9 Å². The predicted octanol–water partition coefficient (Wildman–Crippen LogP) is 0.0283. The third-order valence-electron chi connectivity index (χ3n) is 6.50. The molecule has 1 aliphatic rings. The van der Waals surface area contributed by atoms with Gasteiger partial charge in [-0.05, 0) is 36.9 Å². The van der Waals surface area contributed by atoms with Crippen LogP contribution in [0.1, 0.15) is 36.8 Å². The number of carboxylic acids is 1. The van der Waals surface area contributed by atoms with Gasteiger partial charge in [-0.15, -0.1) is 0 Å². The lowest BCUT2D eigenvalue weighted by molar-refractivity contribution is -0.142. The van der Waals surface area contributed by atoms with Gasteiger partial charge in [0.1, 0.15) is 18.1 Å². The van der Waals surface area contributed by atoms with Crippen LogP contribution in [0.5, 0.6) is 0 Å². The summed E-state index contributed by atoms with van der Waals surface area (Å²) in [5, 5.41) is 20.6. The van der Waals surface area contributed by atoms with Crippen molar-refractivity contribution in [3.8, 4) is 0 Å². The van der Waals surface area contributed by atoms with Gasteiger partial charge in [0.15, 0.2) is 0 Å². The van der Waals surface area contributed by atoms with Gasteiger partial charge in [-0.2, -0.15) is 0 Å². The van der Waals surface area contributed by atoms with Crippen molar-refractivity contribution in [3.63, 3.8) is 0 Å². The van der Waals surface area contributed by atoms with E-state index in [-0.39, 0.29) is 31.6 Å². The number of carbonyl (C=O) groups excluding carboxylic acids is 4. The molecule has 1 fully saturated rings. The van der Waals surface area contributed by atoms with Crippen molar-refractivity contribution in [3.05, 3.63) is 71.8 Å². The Bertz CT molecular complexity index is 1140. The quantitative estimate of drug-likeness (QED) is 0.197. The summed E-state index contributed by atoms with van der Waals surface area (Å²) in [6, 6.07) is 13.9. The maximum absolute atomic E-state index is 13.4. The second-order valence-electron chi connectivity index (χ2n) is 9.56. The molecule has 1 heterocycles. The molecular formula is C28H35N5O6. The second-order valence-corrected chi connectivity index (χ2v) is 9.56. The highest BCUT2D eigenvalue weighted by atomic mass is 16.4. The second kappa shape index (κ2) is 14.6. The van der Waals surface area contributed by atoms with Crippen molar-refractivity contribution in [1.82, 2.24) is 21.3 Å². The summed E-state index contributed by atoms with van der Waals surface area (Å²) in [6.07, 6.45) is 1.33. The van der Waals surface area contributed by atoms with Gasteiger partial charge in [0.25, 0.3) is 0 Å². The fourth-order valence-corrected chi connectivity index (χ4v) is 4.39. The van der Waals surface area contributed by atoms with Crippen LogP contribution in [0.2, 0.25) is 0 Å². The first kappa shape index (κ1) is 29.3. The molecule has 0 radical (unpaired) electrons. The Hall–Kier alpha value is -4.25. The lowest BCUT2D eigenvalue weighted by Crippen LogP contribution is -2.57. The standard InChI is InChI=1S/C28H35N5O6/c29-24(34)14-13-21(26(36)33-23(28(38)39)17-19-10-5-2-6-11-19)31-27(37)22(16-18-8-3-1-4-9-18)32-25(35)20-12-7-15-30-20/h1-6,8-11,20-23,30H,7,12-17H2,(H2,29,34)(H,31,37)(H,32,35)(H,33,36)(H,38,39). The van der Waals surface area contributed by atoms with Gasteiger partial charge in [-0.3, -0.25) is 19.2 Å². The number of carboxylic acid groups (broad SMARTS) is 1. The molecule has 1 aliphatic heterocycles. The molecule has 11 nitrogen and oxygen atoms in total. The molecular weight excluding hydrogens is 502 g/mol. The Morgan fingerprint density at radius 3 is 1.87 bits per heavy atom. The maximum Gasteiger partial charge on any atom is 0.326 e. The minimum absolute atomic E-state index is 0.0273. The number of carbonyl (C=O) groups is 5. The Morgan fingerprint density at radius 2 is 1.36 bits per heavy atom. The molecule has 39 heavy (non-hydrogen) atoms. The van der Waals surface area contributed by atoms with E-state index in [2.05, 4.69) is 21.3 Å². The van der Waals surface area contributed by atoms with Crippen molar-refractivity contribution in [2.24, 2.45) is 5.73 Å². The minimum atomic E-state index is -1.26. The number of hydrogen-bond donors (Lipinski definition) is 6. The first-order valence-corrected chi connectivity index (χ1v) is 13.0. The molecule has 4 amide bonds. The molecule has 0 bridgehead atoms. The van der Waals surface area contributed by atoms with E-state index in [4.69, 9.17) is 5.73 Å². The summed E-state index contributed by atoms with van der Waals surface area (Å²) in [7, 11) is 0. The van der Waals surface area contributed by atoms with Crippen LogP contribution in [0.4, 0.5) is 0 Å². The van der Waals surface area contributed by atoms with E-state index in [1.807, 2.05) is 30.3 Å². The SMILES string of the molecule is NC(=O)CCC(NC(=O)C(Cc1ccccc1)NC(=O)C1CCCN1)C(=O)NC(Cc1ccccc1)C(=O)O. The van der Waals surface area contributed by atoms with Crippen LogP contribution >= 0.6 is 0 Å². The summed E-state index contributed by atoms with van der Waals surface area (Å²) >= 11 is 0. The Balaban J connectivity index is 1.75. The van der Waals surface area contributed by atoms with Crippen LogP contribution in [0, 0.1) is 0 Å². The molecule has 0 aromatic heterocycles. The summed E-state index contributed by atoms with van der Waals surface area (Å²) in [5.41, 5.74) is 6.78. The lowest BCUT2D eigenvalue weighted by Gasteiger charge is -2.25. The zero-order valence-electron chi connectivity index (χ0n) is 21.6. The number of rotatable bonds is 14. The van der Waals surface area contributed by atoms with Crippen LogP contribution < -0.4 is 27.0 Å². The van der Waals surface area contributed by atoms with E-state index in [1.54, 1.807) is 30.3 Å². The smallest absolute Gasteiger partial charge is 0.326 e. The minimum Gasteiger partial charge on any atom is -0.480 e. The molecule has 1 saturated heterocycles. The van der Waals surface area contributed by atoms with E-state index >= 15 is 0 Å². The van der Waals surface area contributed by atoms with Crippen LogP contribution in [0.25, 0.3) is 0 Å². The molecule has 2 aromatic carbocycles. The van der Waals surface area contributed by atoms with Crippen LogP contribution in [-0.2, 0) is 36.8 Å². The van der Waals surface area contributed by atoms with Gasteiger partial charge in [-0.25, -0.2) is 4.79 Å². The van der Waals surface area contributed by atoms with Crippen LogP contribution in [0.3, 0.4) is 0 Å². The maximum atomic E-state index is 13.4. The Kier molecular flexibility index (Phi) is 11.0. The monoisotopic (exact) mass is 537 g/mol. The predicted molar refractivity (Wildman–Crippen MR) is 143 cm³/mol. The van der Waals surface area contributed by atoms with Gasteiger partial charge in [-0.1, -0.05) is 60.7 Å². The number of aliphatic carboxylic acids is 1. The molecule has 2 aromatic rings. The number of nitrogens with two attached hydrogens (primary N) is 1. The number of amides is 4. The summed E-state index contributed by atoms with van der Waals surface area (Å²) in [5.74, 6) is -3.65. The van der Waals surface area contributed by atoms with Crippen LogP contribution in [0.15, 0.2) is 60.7 Å².